The van der Waals surface area contributed by atoms with Crippen molar-refractivity contribution in [2.75, 3.05) is 0 Å². The first-order valence-corrected chi connectivity index (χ1v) is 15.5. The monoisotopic (exact) mass is 658 g/mol. The normalized spacial score (nSPS) is 14.1. The molecule has 0 atom stereocenters. The third kappa shape index (κ3) is 6.75. The molecule has 47 heavy (non-hydrogen) atoms. The molecule has 0 unspecified atom stereocenters. The molecule has 5 aromatic rings. The number of halogens is 2. The van der Waals surface area contributed by atoms with E-state index < -0.39 is 11.8 Å². The number of ether oxygens (including phenoxy) is 1. The minimum atomic E-state index is -0.608. The van der Waals surface area contributed by atoms with E-state index in [1.54, 1.807) is 29.8 Å². The Labute approximate surface area is 282 Å². The number of para-hydroxylation sites is 1. The van der Waals surface area contributed by atoms with Crippen LogP contribution in [0.4, 0.5) is 0 Å². The number of benzene rings is 4. The molecule has 1 aliphatic rings. The van der Waals surface area contributed by atoms with Crippen molar-refractivity contribution in [1.82, 2.24) is 14.7 Å². The van der Waals surface area contributed by atoms with Crippen LogP contribution in [0.3, 0.4) is 0 Å². The third-order valence-corrected chi connectivity index (χ3v) is 8.47. The van der Waals surface area contributed by atoms with Crippen LogP contribution in [0.1, 0.15) is 29.2 Å². The summed E-state index contributed by atoms with van der Waals surface area (Å²) in [7, 11) is 0. The van der Waals surface area contributed by atoms with Gasteiger partial charge in [0, 0.05) is 38.5 Å². The van der Waals surface area contributed by atoms with Gasteiger partial charge < -0.3 is 4.74 Å². The van der Waals surface area contributed by atoms with Crippen LogP contribution >= 0.6 is 23.2 Å². The van der Waals surface area contributed by atoms with E-state index in [4.69, 9.17) is 33.0 Å². The molecule has 6 rings (SSSR count). The smallest absolute Gasteiger partial charge is 0.271 e. The highest BCUT2D eigenvalue weighted by molar-refractivity contribution is 6.35. The van der Waals surface area contributed by atoms with Gasteiger partial charge in [-0.2, -0.15) is 10.4 Å². The van der Waals surface area contributed by atoms with E-state index in [1.807, 2.05) is 104 Å². The fourth-order valence-electron chi connectivity index (χ4n) is 5.24. The van der Waals surface area contributed by atoms with E-state index >= 15 is 0 Å². The minimum absolute atomic E-state index is 0.0482. The summed E-state index contributed by atoms with van der Waals surface area (Å²) < 4.78 is 7.71. The fraction of sp³-hybridized carbons (Fsp3) is 0.105. The number of aromatic nitrogens is 2. The van der Waals surface area contributed by atoms with Crippen molar-refractivity contribution in [1.29, 1.82) is 5.26 Å². The summed E-state index contributed by atoms with van der Waals surface area (Å²) in [5.74, 6) is -0.453. The summed E-state index contributed by atoms with van der Waals surface area (Å²) in [5.41, 5.74) is 6.02. The Morgan fingerprint density at radius 2 is 1.62 bits per heavy atom. The van der Waals surface area contributed by atoms with E-state index in [1.165, 1.54) is 0 Å². The maximum Gasteiger partial charge on any atom is 0.271 e. The van der Waals surface area contributed by atoms with Crippen LogP contribution in [0.2, 0.25) is 10.0 Å². The number of nitriles is 1. The van der Waals surface area contributed by atoms with Gasteiger partial charge in [-0.05, 0) is 79.6 Å². The molecule has 2 amide bonds. The summed E-state index contributed by atoms with van der Waals surface area (Å²) in [6, 6.07) is 31.9. The van der Waals surface area contributed by atoms with Crippen molar-refractivity contribution in [3.05, 3.63) is 152 Å². The number of carbonyl (C=O) groups is 2. The Kier molecular flexibility index (Phi) is 9.08. The van der Waals surface area contributed by atoms with Crippen LogP contribution in [0.25, 0.3) is 23.0 Å². The van der Waals surface area contributed by atoms with Gasteiger partial charge in [-0.15, -0.1) is 0 Å². The number of nitrogens with zero attached hydrogens (tertiary/aromatic N) is 4. The van der Waals surface area contributed by atoms with Crippen LogP contribution in [0.15, 0.2) is 120 Å². The standard InChI is InChI=1S/C38H28Cl2N4O3/c1-24-8-10-26(11-9-24)21-43-37(45)33(25(2)34(20-41)38(43)46)18-29-22-44(31-6-4-3-5-7-31)42-36(29)27-13-16-32(17-14-27)47-23-28-12-15-30(39)19-35(28)40/h3-19,22H,21,23H2,1-2H3/b33-18+. The van der Waals surface area contributed by atoms with Gasteiger partial charge in [0.1, 0.15) is 24.0 Å². The van der Waals surface area contributed by atoms with Crippen molar-refractivity contribution >= 4 is 41.1 Å². The van der Waals surface area contributed by atoms with Crippen molar-refractivity contribution in [2.45, 2.75) is 27.0 Å². The fourth-order valence-corrected chi connectivity index (χ4v) is 5.71. The number of carbonyl (C=O) groups excluding carboxylic acids is 2. The lowest BCUT2D eigenvalue weighted by molar-refractivity contribution is -0.141. The van der Waals surface area contributed by atoms with Gasteiger partial charge in [-0.3, -0.25) is 14.5 Å². The molecule has 0 bridgehead atoms. The summed E-state index contributed by atoms with van der Waals surface area (Å²) in [6.07, 6.45) is 3.54. The van der Waals surface area contributed by atoms with Crippen molar-refractivity contribution in [2.24, 2.45) is 0 Å². The Morgan fingerprint density at radius 1 is 0.894 bits per heavy atom. The highest BCUT2D eigenvalue weighted by Crippen LogP contribution is 2.33. The molecule has 232 valence electrons. The average molecular weight is 660 g/mol. The molecular formula is C38H28Cl2N4O3. The second kappa shape index (κ2) is 13.5. The molecule has 1 aromatic heterocycles. The van der Waals surface area contributed by atoms with Crippen molar-refractivity contribution < 1.29 is 14.3 Å². The van der Waals surface area contributed by atoms with Gasteiger partial charge in [0.15, 0.2) is 0 Å². The Bertz CT molecular complexity index is 2090. The van der Waals surface area contributed by atoms with Crippen LogP contribution in [0, 0.1) is 18.3 Å². The number of hydrogen-bond acceptors (Lipinski definition) is 5. The zero-order chi connectivity index (χ0) is 33.1. The van der Waals surface area contributed by atoms with E-state index in [-0.39, 0.29) is 24.3 Å². The number of rotatable bonds is 8. The summed E-state index contributed by atoms with van der Waals surface area (Å²) in [4.78, 5) is 28.3. The van der Waals surface area contributed by atoms with Crippen LogP contribution in [-0.4, -0.2) is 26.5 Å². The first-order chi connectivity index (χ1) is 22.7. The van der Waals surface area contributed by atoms with Gasteiger partial charge in [-0.1, -0.05) is 77.3 Å². The molecule has 0 spiro atoms. The average Bonchev–Trinajstić information content (AvgIpc) is 3.50. The molecule has 2 heterocycles. The van der Waals surface area contributed by atoms with Crippen LogP contribution < -0.4 is 4.74 Å². The second-order valence-electron chi connectivity index (χ2n) is 11.1. The number of imide groups is 1. The third-order valence-electron chi connectivity index (χ3n) is 7.89. The number of hydrogen-bond donors (Lipinski definition) is 0. The van der Waals surface area contributed by atoms with Gasteiger partial charge >= 0.3 is 0 Å². The molecule has 7 nitrogen and oxygen atoms in total. The molecule has 0 fully saturated rings. The Hall–Kier alpha value is -5.42. The van der Waals surface area contributed by atoms with Gasteiger partial charge in [0.05, 0.1) is 17.9 Å². The van der Waals surface area contributed by atoms with Crippen molar-refractivity contribution in [3.63, 3.8) is 0 Å². The Morgan fingerprint density at radius 3 is 2.30 bits per heavy atom. The molecule has 0 aliphatic carbocycles. The highest BCUT2D eigenvalue weighted by Gasteiger charge is 2.35. The lowest BCUT2D eigenvalue weighted by atomic mass is 9.93. The lowest BCUT2D eigenvalue weighted by Gasteiger charge is -2.27. The van der Waals surface area contributed by atoms with Crippen LogP contribution in [-0.2, 0) is 22.7 Å². The minimum Gasteiger partial charge on any atom is -0.489 e. The largest absolute Gasteiger partial charge is 0.489 e. The van der Waals surface area contributed by atoms with E-state index in [0.717, 1.165) is 32.8 Å². The molecule has 0 N–H and O–H groups in total. The van der Waals surface area contributed by atoms with Gasteiger partial charge in [0.2, 0.25) is 0 Å². The zero-order valence-corrected chi connectivity index (χ0v) is 27.1. The summed E-state index contributed by atoms with van der Waals surface area (Å²) in [6.45, 7) is 3.91. The quantitative estimate of drug-likeness (QED) is 0.123. The van der Waals surface area contributed by atoms with E-state index in [2.05, 4.69) is 0 Å². The summed E-state index contributed by atoms with van der Waals surface area (Å²) >= 11 is 12.3. The maximum atomic E-state index is 13.9. The topological polar surface area (TPSA) is 88.2 Å². The first-order valence-electron chi connectivity index (χ1n) is 14.8. The van der Waals surface area contributed by atoms with E-state index in [0.29, 0.717) is 32.6 Å². The molecule has 1 aliphatic heterocycles. The summed E-state index contributed by atoms with van der Waals surface area (Å²) in [5, 5.41) is 15.9. The first kappa shape index (κ1) is 31.6. The molecule has 0 radical (unpaired) electrons. The molecule has 9 heteroatoms. The highest BCUT2D eigenvalue weighted by atomic mass is 35.5. The second-order valence-corrected chi connectivity index (χ2v) is 12.0. The Balaban J connectivity index is 1.37. The van der Waals surface area contributed by atoms with Crippen LogP contribution in [0.5, 0.6) is 5.75 Å². The predicted octanol–water partition coefficient (Wildman–Crippen LogP) is 8.53. The number of aryl methyl sites for hydroxylation is 1. The van der Waals surface area contributed by atoms with E-state index in [9.17, 15) is 14.9 Å². The van der Waals surface area contributed by atoms with Gasteiger partial charge in [-0.25, -0.2) is 4.68 Å². The molecular weight excluding hydrogens is 631 g/mol. The zero-order valence-electron chi connectivity index (χ0n) is 25.6. The molecule has 4 aromatic carbocycles. The molecule has 0 saturated heterocycles. The SMILES string of the molecule is CC1=C(C#N)C(=O)N(Cc2ccc(C)cc2)C(=O)/C1=C/c1cn(-c2ccccc2)nc1-c1ccc(OCc2ccc(Cl)cc2Cl)cc1. The number of amides is 2. The lowest BCUT2D eigenvalue weighted by Crippen LogP contribution is -2.42. The van der Waals surface area contributed by atoms with Crippen molar-refractivity contribution in [3.8, 4) is 28.8 Å². The maximum absolute atomic E-state index is 13.9. The predicted molar refractivity (Wildman–Crippen MR) is 183 cm³/mol. The molecule has 0 saturated carbocycles. The van der Waals surface area contributed by atoms with Gasteiger partial charge in [0.25, 0.3) is 11.8 Å².